The number of rotatable bonds is 2. The Balaban J connectivity index is 1.89. The van der Waals surface area contributed by atoms with Crippen LogP contribution in [0.25, 0.3) is 39.4 Å². The zero-order valence-corrected chi connectivity index (χ0v) is 15.8. The number of fused-ring (bicyclic) bond motifs is 2. The monoisotopic (exact) mass is 408 g/mol. The molecule has 0 radical (unpaired) electrons. The minimum atomic E-state index is -0.490. The quantitative estimate of drug-likeness (QED) is 0.355. The van der Waals surface area contributed by atoms with Crippen LogP contribution < -0.4 is 0 Å². The van der Waals surface area contributed by atoms with Crippen LogP contribution in [0.4, 0.5) is 4.39 Å². The fourth-order valence-electron chi connectivity index (χ4n) is 3.15. The Labute approximate surface area is 169 Å². The SMILES string of the molecule is Fc1ccc(-n2c(-c3cccc(Cl)c3)nc3nc4ccccc4nc32)cc1Cl. The molecule has 7 heteroatoms. The predicted molar refractivity (Wildman–Crippen MR) is 110 cm³/mol. The highest BCUT2D eigenvalue weighted by Crippen LogP contribution is 2.31. The van der Waals surface area contributed by atoms with Gasteiger partial charge < -0.3 is 0 Å². The standard InChI is InChI=1S/C21H11Cl2FN4/c22-13-5-3-4-12(10-13)20-27-19-21(26-18-7-2-1-6-17(18)25-19)28(20)14-8-9-16(24)15(23)11-14/h1-11H. The van der Waals surface area contributed by atoms with E-state index in [9.17, 15) is 4.39 Å². The van der Waals surface area contributed by atoms with E-state index in [-0.39, 0.29) is 5.02 Å². The van der Waals surface area contributed by atoms with Crippen molar-refractivity contribution in [3.63, 3.8) is 0 Å². The summed E-state index contributed by atoms with van der Waals surface area (Å²) in [5.74, 6) is 0.103. The number of imidazole rings is 1. The van der Waals surface area contributed by atoms with Crippen molar-refractivity contribution in [2.75, 3.05) is 0 Å². The van der Waals surface area contributed by atoms with Crippen LogP contribution in [0.3, 0.4) is 0 Å². The van der Waals surface area contributed by atoms with E-state index in [1.807, 2.05) is 47.0 Å². The third kappa shape index (κ3) is 2.80. The van der Waals surface area contributed by atoms with Crippen LogP contribution in [-0.4, -0.2) is 19.5 Å². The van der Waals surface area contributed by atoms with Gasteiger partial charge in [-0.15, -0.1) is 0 Å². The highest BCUT2D eigenvalue weighted by atomic mass is 35.5. The van der Waals surface area contributed by atoms with Crippen molar-refractivity contribution in [1.82, 2.24) is 19.5 Å². The van der Waals surface area contributed by atoms with E-state index in [0.717, 1.165) is 16.6 Å². The number of hydrogen-bond donors (Lipinski definition) is 0. The van der Waals surface area contributed by atoms with Gasteiger partial charge in [0.05, 0.1) is 21.7 Å². The summed E-state index contributed by atoms with van der Waals surface area (Å²) in [5, 5.41) is 0.601. The van der Waals surface area contributed by atoms with Crippen molar-refractivity contribution in [3.05, 3.63) is 82.6 Å². The number of para-hydroxylation sites is 2. The molecule has 0 atom stereocenters. The number of nitrogens with zero attached hydrogens (tertiary/aromatic N) is 4. The lowest BCUT2D eigenvalue weighted by Crippen LogP contribution is -2.00. The second-order valence-electron chi connectivity index (χ2n) is 6.24. The Hall–Kier alpha value is -3.02. The lowest BCUT2D eigenvalue weighted by molar-refractivity contribution is 0.628. The molecule has 2 heterocycles. The Kier molecular flexibility index (Phi) is 4.00. The first-order chi connectivity index (χ1) is 13.6. The van der Waals surface area contributed by atoms with Gasteiger partial charge in [-0.2, -0.15) is 0 Å². The third-order valence-corrected chi connectivity index (χ3v) is 4.94. The van der Waals surface area contributed by atoms with Crippen molar-refractivity contribution in [1.29, 1.82) is 0 Å². The smallest absolute Gasteiger partial charge is 0.199 e. The van der Waals surface area contributed by atoms with E-state index >= 15 is 0 Å². The van der Waals surface area contributed by atoms with Crippen molar-refractivity contribution in [2.24, 2.45) is 0 Å². The number of aromatic nitrogens is 4. The zero-order chi connectivity index (χ0) is 19.3. The van der Waals surface area contributed by atoms with Gasteiger partial charge in [-0.25, -0.2) is 19.3 Å². The molecule has 136 valence electrons. The molecule has 5 aromatic rings. The summed E-state index contributed by atoms with van der Waals surface area (Å²) < 4.78 is 15.5. The van der Waals surface area contributed by atoms with Crippen LogP contribution in [0, 0.1) is 5.82 Å². The minimum Gasteiger partial charge on any atom is -0.275 e. The number of hydrogen-bond acceptors (Lipinski definition) is 3. The second kappa shape index (κ2) is 6.55. The summed E-state index contributed by atoms with van der Waals surface area (Å²) in [6, 6.07) is 19.4. The van der Waals surface area contributed by atoms with Crippen LogP contribution in [0.1, 0.15) is 0 Å². The molecule has 0 aliphatic carbocycles. The molecular formula is C21H11Cl2FN4. The van der Waals surface area contributed by atoms with Gasteiger partial charge in [0.15, 0.2) is 11.3 Å². The fraction of sp³-hybridized carbons (Fsp3) is 0. The van der Waals surface area contributed by atoms with Gasteiger partial charge in [0.1, 0.15) is 11.6 Å². The summed E-state index contributed by atoms with van der Waals surface area (Å²) in [6.07, 6.45) is 0. The summed E-state index contributed by atoms with van der Waals surface area (Å²) in [6.45, 7) is 0. The van der Waals surface area contributed by atoms with Crippen LogP contribution in [0.2, 0.25) is 10.0 Å². The van der Waals surface area contributed by atoms with Crippen LogP contribution in [-0.2, 0) is 0 Å². The molecule has 0 fully saturated rings. The molecule has 5 rings (SSSR count). The lowest BCUT2D eigenvalue weighted by atomic mass is 10.2. The maximum Gasteiger partial charge on any atom is 0.199 e. The summed E-state index contributed by atoms with van der Waals surface area (Å²) in [7, 11) is 0. The van der Waals surface area contributed by atoms with Crippen LogP contribution >= 0.6 is 23.2 Å². The maximum absolute atomic E-state index is 13.7. The summed E-state index contributed by atoms with van der Waals surface area (Å²) >= 11 is 12.2. The maximum atomic E-state index is 13.7. The molecular weight excluding hydrogens is 398 g/mol. The third-order valence-electron chi connectivity index (χ3n) is 4.41. The molecule has 3 aromatic carbocycles. The largest absolute Gasteiger partial charge is 0.275 e. The Morgan fingerprint density at radius 1 is 0.786 bits per heavy atom. The van der Waals surface area contributed by atoms with E-state index in [4.69, 9.17) is 33.2 Å². The van der Waals surface area contributed by atoms with E-state index < -0.39 is 5.82 Å². The highest BCUT2D eigenvalue weighted by molar-refractivity contribution is 6.31. The first-order valence-electron chi connectivity index (χ1n) is 8.47. The normalized spacial score (nSPS) is 11.4. The molecule has 0 aliphatic rings. The molecule has 2 aromatic heterocycles. The first kappa shape index (κ1) is 17.1. The Morgan fingerprint density at radius 3 is 2.32 bits per heavy atom. The molecule has 0 unspecified atom stereocenters. The van der Waals surface area contributed by atoms with E-state index in [2.05, 4.69) is 4.98 Å². The zero-order valence-electron chi connectivity index (χ0n) is 14.3. The summed E-state index contributed by atoms with van der Waals surface area (Å²) in [4.78, 5) is 14.1. The van der Waals surface area contributed by atoms with Crippen molar-refractivity contribution >= 4 is 45.5 Å². The van der Waals surface area contributed by atoms with Crippen LogP contribution in [0.5, 0.6) is 0 Å². The van der Waals surface area contributed by atoms with Gasteiger partial charge in [-0.1, -0.05) is 47.5 Å². The molecule has 0 spiro atoms. The van der Waals surface area contributed by atoms with E-state index in [1.54, 1.807) is 18.2 Å². The molecule has 28 heavy (non-hydrogen) atoms. The Bertz CT molecular complexity index is 1360. The van der Waals surface area contributed by atoms with Gasteiger partial charge in [0.2, 0.25) is 0 Å². The van der Waals surface area contributed by atoms with E-state index in [1.165, 1.54) is 6.07 Å². The molecule has 0 bridgehead atoms. The second-order valence-corrected chi connectivity index (χ2v) is 7.08. The molecule has 4 nitrogen and oxygen atoms in total. The average molecular weight is 409 g/mol. The lowest BCUT2D eigenvalue weighted by Gasteiger charge is -2.10. The highest BCUT2D eigenvalue weighted by Gasteiger charge is 2.18. The van der Waals surface area contributed by atoms with Gasteiger partial charge >= 0.3 is 0 Å². The predicted octanol–water partition coefficient (Wildman–Crippen LogP) is 6.08. The van der Waals surface area contributed by atoms with Crippen molar-refractivity contribution in [3.8, 4) is 17.1 Å². The van der Waals surface area contributed by atoms with E-state index in [0.29, 0.717) is 27.8 Å². The minimum absolute atomic E-state index is 0.0187. The summed E-state index contributed by atoms with van der Waals surface area (Å²) in [5.41, 5.74) is 3.94. The first-order valence-corrected chi connectivity index (χ1v) is 9.22. The van der Waals surface area contributed by atoms with Gasteiger partial charge in [-0.05, 0) is 42.5 Å². The van der Waals surface area contributed by atoms with Gasteiger partial charge in [-0.3, -0.25) is 4.57 Å². The van der Waals surface area contributed by atoms with Crippen molar-refractivity contribution < 1.29 is 4.39 Å². The number of halogens is 3. The topological polar surface area (TPSA) is 43.6 Å². The fourth-order valence-corrected chi connectivity index (χ4v) is 3.51. The Morgan fingerprint density at radius 2 is 1.57 bits per heavy atom. The average Bonchev–Trinajstić information content (AvgIpc) is 3.06. The molecule has 0 saturated heterocycles. The van der Waals surface area contributed by atoms with Gasteiger partial charge in [0, 0.05) is 10.6 Å². The van der Waals surface area contributed by atoms with Crippen LogP contribution in [0.15, 0.2) is 66.7 Å². The molecule has 0 aliphatic heterocycles. The van der Waals surface area contributed by atoms with Gasteiger partial charge in [0.25, 0.3) is 0 Å². The molecule has 0 amide bonds. The number of benzene rings is 3. The van der Waals surface area contributed by atoms with Crippen molar-refractivity contribution in [2.45, 2.75) is 0 Å². The molecule has 0 N–H and O–H groups in total. The molecule has 0 saturated carbocycles.